The van der Waals surface area contributed by atoms with Gasteiger partial charge in [-0.2, -0.15) is 52.7 Å². The average molecular weight is 778 g/mol. The summed E-state index contributed by atoms with van der Waals surface area (Å²) in [6.07, 6.45) is -12.6. The lowest BCUT2D eigenvalue weighted by Crippen LogP contribution is -2.56. The fourth-order valence-electron chi connectivity index (χ4n) is 1.85. The zero-order chi connectivity index (χ0) is 40.5. The van der Waals surface area contributed by atoms with Gasteiger partial charge in [-0.3, -0.25) is 0 Å². The second-order valence-corrected chi connectivity index (χ2v) is 8.54. The first-order valence-electron chi connectivity index (χ1n) is 13.7. The Morgan fingerprint density at radius 1 is 0.420 bits per heavy atom. The number of nitrogens with one attached hydrogen (secondary N) is 3. The van der Waals surface area contributed by atoms with Gasteiger partial charge in [0.1, 0.15) is 0 Å². The van der Waals surface area contributed by atoms with Gasteiger partial charge in [-0.05, 0) is 0 Å². The topological polar surface area (TPSA) is 166 Å². The normalized spacial score (nSPS) is 11.8. The monoisotopic (exact) mass is 777 g/mol. The van der Waals surface area contributed by atoms with Crippen LogP contribution in [-0.2, 0) is 38.0 Å². The fourth-order valence-corrected chi connectivity index (χ4v) is 1.85. The van der Waals surface area contributed by atoms with Crippen LogP contribution in [0.25, 0.3) is 0 Å². The van der Waals surface area contributed by atoms with Crippen molar-refractivity contribution in [1.29, 1.82) is 0 Å². The number of alkyl halides is 12. The third-order valence-corrected chi connectivity index (χ3v) is 4.54. The third-order valence-electron chi connectivity index (χ3n) is 4.54. The number of ether oxygens (including phenoxy) is 6. The van der Waals surface area contributed by atoms with Crippen molar-refractivity contribution >= 4 is 11.9 Å². The minimum Gasteiger partial charge on any atom is -0.477 e. The van der Waals surface area contributed by atoms with Crippen LogP contribution in [0.4, 0.5) is 52.7 Å². The van der Waals surface area contributed by atoms with Crippen molar-refractivity contribution in [3.63, 3.8) is 0 Å². The summed E-state index contributed by atoms with van der Waals surface area (Å²) in [5.41, 5.74) is 0. The number of carboxylic acid groups (broad SMARTS) is 2. The molecule has 0 atom stereocenters. The van der Waals surface area contributed by atoms with E-state index in [1.54, 1.807) is 42.7 Å². The molecule has 5 N–H and O–H groups in total. The summed E-state index contributed by atoms with van der Waals surface area (Å²) in [6.45, 7) is 10.0. The fraction of sp³-hybridized carbons (Fsp3) is 0.920. The largest absolute Gasteiger partial charge is 0.477 e. The molecule has 0 heterocycles. The van der Waals surface area contributed by atoms with Crippen molar-refractivity contribution in [2.75, 3.05) is 122 Å². The summed E-state index contributed by atoms with van der Waals surface area (Å²) in [7, 11) is 10.2. The Morgan fingerprint density at radius 2 is 0.620 bits per heavy atom. The van der Waals surface area contributed by atoms with E-state index in [2.05, 4.69) is 16.0 Å². The van der Waals surface area contributed by atoms with Crippen molar-refractivity contribution in [2.45, 2.75) is 30.1 Å². The zero-order valence-electron chi connectivity index (χ0n) is 28.2. The molecule has 0 saturated carbocycles. The first-order chi connectivity index (χ1) is 22.9. The van der Waals surface area contributed by atoms with Crippen molar-refractivity contribution in [1.82, 2.24) is 16.0 Å². The molecule has 0 aliphatic rings. The number of methoxy groups -OCH3 is 6. The molecular formula is C25H47F12N3O10. The van der Waals surface area contributed by atoms with Crippen LogP contribution in [0.15, 0.2) is 0 Å². The summed E-state index contributed by atoms with van der Waals surface area (Å²) in [5, 5.41) is 24.1. The number of rotatable bonds is 21. The van der Waals surface area contributed by atoms with E-state index in [9.17, 15) is 62.3 Å². The SMILES string of the molecule is COCCNCCOC.COCCNCCOC.COCCNCCOC.O=C(O)C(F)(F)C(F)(F)C(F)(F)F.O=C(O)C(F)(F)C(F)(F)F. The van der Waals surface area contributed by atoms with Gasteiger partial charge >= 0.3 is 42.1 Å². The first kappa shape index (κ1) is 57.1. The maximum atomic E-state index is 11.8. The van der Waals surface area contributed by atoms with E-state index in [0.717, 1.165) is 78.9 Å². The van der Waals surface area contributed by atoms with Crippen LogP contribution >= 0.6 is 0 Å². The Labute approximate surface area is 281 Å². The molecule has 0 bridgehead atoms. The van der Waals surface area contributed by atoms with Crippen LogP contribution in [0.3, 0.4) is 0 Å². The highest BCUT2D eigenvalue weighted by molar-refractivity contribution is 5.77. The van der Waals surface area contributed by atoms with Crippen LogP contribution in [0, 0.1) is 0 Å². The average Bonchev–Trinajstić information content (AvgIpc) is 3.01. The maximum Gasteiger partial charge on any atom is 0.465 e. The Balaban J connectivity index is -0.000000170. The molecule has 0 spiro atoms. The number of hydrogen-bond donors (Lipinski definition) is 5. The summed E-state index contributed by atoms with van der Waals surface area (Å²) in [5.74, 6) is -25.1. The van der Waals surface area contributed by atoms with Gasteiger partial charge in [0, 0.05) is 81.9 Å². The van der Waals surface area contributed by atoms with E-state index in [1.807, 2.05) is 0 Å². The highest BCUT2D eigenvalue weighted by Gasteiger charge is 2.76. The number of carbonyl (C=O) groups is 2. The van der Waals surface area contributed by atoms with Gasteiger partial charge in [0.25, 0.3) is 0 Å². The van der Waals surface area contributed by atoms with Gasteiger partial charge in [-0.1, -0.05) is 0 Å². The smallest absolute Gasteiger partial charge is 0.465 e. The number of carboxylic acids is 2. The van der Waals surface area contributed by atoms with Crippen molar-refractivity contribution in [3.05, 3.63) is 0 Å². The number of aliphatic carboxylic acids is 2. The van der Waals surface area contributed by atoms with Gasteiger partial charge in [-0.25, -0.2) is 9.59 Å². The second kappa shape index (κ2) is 32.6. The first-order valence-corrected chi connectivity index (χ1v) is 13.7. The van der Waals surface area contributed by atoms with Gasteiger partial charge in [0.05, 0.1) is 39.6 Å². The Kier molecular flexibility index (Phi) is 37.3. The molecule has 0 unspecified atom stereocenters. The molecule has 0 saturated heterocycles. The van der Waals surface area contributed by atoms with Gasteiger partial charge in [0.2, 0.25) is 0 Å². The lowest BCUT2D eigenvalue weighted by Gasteiger charge is -2.24. The summed E-state index contributed by atoms with van der Waals surface area (Å²) >= 11 is 0. The van der Waals surface area contributed by atoms with Gasteiger partial charge < -0.3 is 54.6 Å². The molecule has 0 aliphatic carbocycles. The van der Waals surface area contributed by atoms with E-state index < -0.39 is 42.1 Å². The maximum absolute atomic E-state index is 11.8. The van der Waals surface area contributed by atoms with E-state index in [-0.39, 0.29) is 0 Å². The van der Waals surface area contributed by atoms with Crippen LogP contribution in [0.2, 0.25) is 0 Å². The highest BCUT2D eigenvalue weighted by atomic mass is 19.4. The molecule has 0 rings (SSSR count). The van der Waals surface area contributed by atoms with E-state index in [1.165, 1.54) is 0 Å². The minimum atomic E-state index is -6.60. The molecule has 0 aromatic carbocycles. The van der Waals surface area contributed by atoms with Crippen LogP contribution in [0.1, 0.15) is 0 Å². The highest BCUT2D eigenvalue weighted by Crippen LogP contribution is 2.46. The predicted molar refractivity (Wildman–Crippen MR) is 152 cm³/mol. The van der Waals surface area contributed by atoms with Gasteiger partial charge in [0.15, 0.2) is 0 Å². The third kappa shape index (κ3) is 30.6. The molecule has 0 aliphatic heterocycles. The summed E-state index contributed by atoms with van der Waals surface area (Å²) in [4.78, 5) is 18.6. The number of halogens is 12. The molecule has 13 nitrogen and oxygen atoms in total. The van der Waals surface area contributed by atoms with Crippen molar-refractivity contribution in [2.24, 2.45) is 0 Å². The quantitative estimate of drug-likeness (QED) is 0.0855. The molecule has 50 heavy (non-hydrogen) atoms. The molecule has 0 radical (unpaired) electrons. The van der Waals surface area contributed by atoms with Crippen LogP contribution in [-0.4, -0.2) is 174 Å². The standard InChI is InChI=1S/3C6H15NO2.C4HF7O2.C3HF5O2/c3*1-8-5-3-7-4-6-9-2;5-2(6,1(12)13)3(7,8)4(9,10)11;4-2(5,1(9)10)3(6,7)8/h3*7H,3-6H2,1-2H3;(H,12,13);(H,9,10). The Morgan fingerprint density at radius 3 is 0.700 bits per heavy atom. The lowest BCUT2D eigenvalue weighted by atomic mass is 10.1. The Bertz CT molecular complexity index is 748. The molecule has 0 fully saturated rings. The van der Waals surface area contributed by atoms with Crippen molar-refractivity contribution in [3.8, 4) is 0 Å². The second-order valence-electron chi connectivity index (χ2n) is 8.54. The number of hydrogen-bond acceptors (Lipinski definition) is 11. The zero-order valence-corrected chi connectivity index (χ0v) is 28.2. The molecule has 25 heteroatoms. The van der Waals surface area contributed by atoms with Crippen LogP contribution in [0.5, 0.6) is 0 Å². The Hall–Kier alpha value is -2.26. The molecular weight excluding hydrogens is 730 g/mol. The molecule has 0 amide bonds. The van der Waals surface area contributed by atoms with E-state index >= 15 is 0 Å². The summed E-state index contributed by atoms with van der Waals surface area (Å²) in [6, 6.07) is 0. The summed E-state index contributed by atoms with van der Waals surface area (Å²) < 4.78 is 165. The van der Waals surface area contributed by atoms with Crippen LogP contribution < -0.4 is 16.0 Å². The predicted octanol–water partition coefficient (Wildman–Crippen LogP) is 2.78. The van der Waals surface area contributed by atoms with E-state index in [4.69, 9.17) is 38.6 Å². The molecule has 306 valence electrons. The molecule has 0 aromatic heterocycles. The molecule has 0 aromatic rings. The van der Waals surface area contributed by atoms with Crippen molar-refractivity contribution < 1.29 is 101 Å². The minimum absolute atomic E-state index is 0.768. The lowest BCUT2D eigenvalue weighted by molar-refractivity contribution is -0.347. The van der Waals surface area contributed by atoms with Gasteiger partial charge in [-0.15, -0.1) is 0 Å². The van der Waals surface area contributed by atoms with E-state index in [0.29, 0.717) is 0 Å².